The summed E-state index contributed by atoms with van der Waals surface area (Å²) in [4.78, 5) is 7.40. The van der Waals surface area contributed by atoms with Gasteiger partial charge in [0.1, 0.15) is 0 Å². The van der Waals surface area contributed by atoms with Gasteiger partial charge in [-0.05, 0) is 19.7 Å². The van der Waals surface area contributed by atoms with E-state index in [0.29, 0.717) is 0 Å². The maximum absolute atomic E-state index is 3.97. The van der Waals surface area contributed by atoms with Crippen molar-refractivity contribution in [3.63, 3.8) is 0 Å². The third-order valence-electron chi connectivity index (χ3n) is 1.14. The van der Waals surface area contributed by atoms with Gasteiger partial charge in [-0.25, -0.2) is 0 Å². The normalized spacial score (nSPS) is 12.1. The lowest BCUT2D eigenvalue weighted by Crippen LogP contribution is -1.78. The lowest BCUT2D eigenvalue weighted by molar-refractivity contribution is 1.50. The van der Waals surface area contributed by atoms with Crippen LogP contribution in [-0.2, 0) is 0 Å². The van der Waals surface area contributed by atoms with Crippen LogP contribution in [0.15, 0.2) is 47.2 Å². The molecule has 0 radical (unpaired) electrons. The first-order valence-electron chi connectivity index (χ1n) is 4.73. The highest BCUT2D eigenvalue weighted by molar-refractivity contribution is 5.85. The maximum atomic E-state index is 3.97. The Labute approximate surface area is 87.5 Å². The second-order valence-corrected chi connectivity index (χ2v) is 2.21. The molecular weight excluding hydrogens is 172 g/mol. The van der Waals surface area contributed by atoms with Gasteiger partial charge in [0, 0.05) is 24.5 Å². The van der Waals surface area contributed by atoms with Gasteiger partial charge < -0.3 is 0 Å². The first kappa shape index (κ1) is 15.1. The third kappa shape index (κ3) is 13.2. The zero-order valence-corrected chi connectivity index (χ0v) is 9.40. The summed E-state index contributed by atoms with van der Waals surface area (Å²) in [6.07, 6.45) is 9.89. The van der Waals surface area contributed by atoms with Crippen molar-refractivity contribution in [3.05, 3.63) is 37.2 Å². The molecule has 0 aromatic heterocycles. The van der Waals surface area contributed by atoms with E-state index in [0.717, 1.165) is 6.42 Å². The summed E-state index contributed by atoms with van der Waals surface area (Å²) in [7, 11) is 0. The Morgan fingerprint density at radius 1 is 1.50 bits per heavy atom. The maximum Gasteiger partial charge on any atom is 0.0260 e. The summed E-state index contributed by atoms with van der Waals surface area (Å²) >= 11 is 0. The fourth-order valence-electron chi connectivity index (χ4n) is 0.578. The summed E-state index contributed by atoms with van der Waals surface area (Å²) in [5.41, 5.74) is 1.22. The van der Waals surface area contributed by atoms with Crippen LogP contribution in [0.5, 0.6) is 0 Å². The first-order valence-corrected chi connectivity index (χ1v) is 4.73. The Kier molecular flexibility index (Phi) is 15.2. The molecule has 0 aromatic rings. The Balaban J connectivity index is 0. The van der Waals surface area contributed by atoms with Gasteiger partial charge in [0.15, 0.2) is 0 Å². The highest BCUT2D eigenvalue weighted by atomic mass is 14.7. The van der Waals surface area contributed by atoms with Crippen LogP contribution in [0.1, 0.15) is 27.2 Å². The molecule has 0 saturated carbocycles. The molecule has 0 N–H and O–H groups in total. The van der Waals surface area contributed by atoms with Gasteiger partial charge in [-0.15, -0.1) is 0 Å². The van der Waals surface area contributed by atoms with Crippen LogP contribution in [0, 0.1) is 0 Å². The third-order valence-corrected chi connectivity index (χ3v) is 1.14. The van der Waals surface area contributed by atoms with E-state index < -0.39 is 0 Å². The van der Waals surface area contributed by atoms with E-state index in [1.165, 1.54) is 5.71 Å². The van der Waals surface area contributed by atoms with Crippen molar-refractivity contribution in [2.24, 2.45) is 9.98 Å². The van der Waals surface area contributed by atoms with Gasteiger partial charge in [-0.2, -0.15) is 0 Å². The zero-order valence-electron chi connectivity index (χ0n) is 9.40. The van der Waals surface area contributed by atoms with Crippen molar-refractivity contribution in [2.75, 3.05) is 0 Å². The summed E-state index contributed by atoms with van der Waals surface area (Å²) < 4.78 is 0. The highest BCUT2D eigenvalue weighted by Gasteiger charge is 1.88. The molecule has 0 saturated heterocycles. The number of hydrogen-bond acceptors (Lipinski definition) is 2. The molecule has 2 heteroatoms. The Morgan fingerprint density at radius 3 is 2.29 bits per heavy atom. The molecule has 2 nitrogen and oxygen atoms in total. The Bertz CT molecular complexity index is 212. The molecule has 1 heterocycles. The van der Waals surface area contributed by atoms with Crippen LogP contribution in [0.25, 0.3) is 0 Å². The van der Waals surface area contributed by atoms with Gasteiger partial charge in [-0.1, -0.05) is 32.6 Å². The fraction of sp³-hybridized carbons (Fsp3) is 0.333. The van der Waals surface area contributed by atoms with E-state index in [1.807, 2.05) is 27.0 Å². The Hall–Kier alpha value is -1.44. The number of allylic oxidation sites excluding steroid dienone is 3. The molecule has 14 heavy (non-hydrogen) atoms. The molecule has 0 spiro atoms. The lowest BCUT2D eigenvalue weighted by Gasteiger charge is -1.76. The van der Waals surface area contributed by atoms with E-state index in [2.05, 4.69) is 29.4 Å². The summed E-state index contributed by atoms with van der Waals surface area (Å²) in [5, 5.41) is 0. The van der Waals surface area contributed by atoms with Crippen LogP contribution in [0.4, 0.5) is 0 Å². The molecule has 0 fully saturated rings. The molecular formula is C12H20N2. The molecule has 0 atom stereocenters. The number of aliphatic imine (C=N–C) groups is 2. The summed E-state index contributed by atoms with van der Waals surface area (Å²) in [6.45, 7) is 12.7. The quantitative estimate of drug-likeness (QED) is 0.470. The van der Waals surface area contributed by atoms with Crippen molar-refractivity contribution in [2.45, 2.75) is 27.2 Å². The van der Waals surface area contributed by atoms with Gasteiger partial charge in [0.2, 0.25) is 0 Å². The second kappa shape index (κ2) is 14.1. The molecule has 1 aliphatic rings. The van der Waals surface area contributed by atoms with Crippen LogP contribution in [0.3, 0.4) is 0 Å². The Morgan fingerprint density at radius 2 is 2.14 bits per heavy atom. The van der Waals surface area contributed by atoms with Gasteiger partial charge in [0.25, 0.3) is 0 Å². The molecule has 1 aliphatic heterocycles. The largest absolute Gasteiger partial charge is 0.273 e. The molecule has 78 valence electrons. The van der Waals surface area contributed by atoms with Crippen LogP contribution < -0.4 is 0 Å². The topological polar surface area (TPSA) is 24.7 Å². The van der Waals surface area contributed by atoms with Gasteiger partial charge >= 0.3 is 0 Å². The van der Waals surface area contributed by atoms with Crippen LogP contribution in [0.2, 0.25) is 0 Å². The molecule has 0 bridgehead atoms. The minimum absolute atomic E-state index is 1.06. The van der Waals surface area contributed by atoms with Crippen molar-refractivity contribution >= 4 is 12.4 Å². The fourth-order valence-corrected chi connectivity index (χ4v) is 0.578. The smallest absolute Gasteiger partial charge is 0.0260 e. The standard InChI is InChI=1S/2C5H7N.C2H6/c1-5-3-2-4-6-5;1-3-4-5-6-2;1-2/h2,4H,3H2,1H3;3-5H,1-2H2;1-2H3/b;5-4-;. The van der Waals surface area contributed by atoms with E-state index >= 15 is 0 Å². The monoisotopic (exact) mass is 192 g/mol. The minimum Gasteiger partial charge on any atom is -0.273 e. The first-order chi connectivity index (χ1) is 6.81. The molecule has 0 amide bonds. The average molecular weight is 192 g/mol. The molecule has 0 aliphatic carbocycles. The predicted molar refractivity (Wildman–Crippen MR) is 67.1 cm³/mol. The van der Waals surface area contributed by atoms with E-state index in [-0.39, 0.29) is 0 Å². The van der Waals surface area contributed by atoms with Crippen molar-refractivity contribution < 1.29 is 0 Å². The zero-order chi connectivity index (χ0) is 11.2. The average Bonchev–Trinajstić information content (AvgIpc) is 2.70. The van der Waals surface area contributed by atoms with Gasteiger partial charge in [-0.3, -0.25) is 9.98 Å². The summed E-state index contributed by atoms with van der Waals surface area (Å²) in [6, 6.07) is 0. The van der Waals surface area contributed by atoms with Crippen molar-refractivity contribution in [3.8, 4) is 0 Å². The summed E-state index contributed by atoms with van der Waals surface area (Å²) in [5.74, 6) is 0. The molecule has 0 unspecified atom stereocenters. The van der Waals surface area contributed by atoms with Crippen LogP contribution in [-0.4, -0.2) is 12.4 Å². The van der Waals surface area contributed by atoms with E-state index in [1.54, 1.807) is 18.4 Å². The van der Waals surface area contributed by atoms with E-state index in [4.69, 9.17) is 0 Å². The van der Waals surface area contributed by atoms with Crippen molar-refractivity contribution in [1.82, 2.24) is 0 Å². The number of hydrogen-bond donors (Lipinski definition) is 0. The second-order valence-electron chi connectivity index (χ2n) is 2.21. The number of nitrogens with zero attached hydrogens (tertiary/aromatic N) is 2. The van der Waals surface area contributed by atoms with Gasteiger partial charge in [0.05, 0.1) is 0 Å². The molecule has 1 rings (SSSR count). The van der Waals surface area contributed by atoms with Crippen molar-refractivity contribution in [1.29, 1.82) is 0 Å². The molecule has 0 aromatic carbocycles. The lowest BCUT2D eigenvalue weighted by atomic mass is 10.3. The van der Waals surface area contributed by atoms with E-state index in [9.17, 15) is 0 Å². The predicted octanol–water partition coefficient (Wildman–Crippen LogP) is 3.78. The highest BCUT2D eigenvalue weighted by Crippen LogP contribution is 1.96. The minimum atomic E-state index is 1.06. The number of rotatable bonds is 2. The SMILES string of the molecule is C=C/C=C\N=C.CC.CC1=NC=CC1. The van der Waals surface area contributed by atoms with Crippen LogP contribution >= 0.6 is 0 Å².